The number of imidazole rings is 1. The summed E-state index contributed by atoms with van der Waals surface area (Å²) in [6.45, 7) is 13.5. The van der Waals surface area contributed by atoms with Crippen LogP contribution in [0.1, 0.15) is 80.7 Å². The number of benzene rings is 4. The predicted molar refractivity (Wildman–Crippen MR) is 305 cm³/mol. The number of hydrogen-bond acceptors (Lipinski definition) is 14. The van der Waals surface area contributed by atoms with Crippen molar-refractivity contribution in [3.05, 3.63) is 161 Å². The second-order valence-electron chi connectivity index (χ2n) is 22.0. The van der Waals surface area contributed by atoms with E-state index in [0.29, 0.717) is 30.5 Å². The summed E-state index contributed by atoms with van der Waals surface area (Å²) in [7, 11) is -6.35. The topological polar surface area (TPSA) is 212 Å². The molecule has 2 fully saturated rings. The number of fused-ring (bicyclic) bond motifs is 1. The normalized spacial score (nSPS) is 21.3. The summed E-state index contributed by atoms with van der Waals surface area (Å²) in [5.41, 5.74) is 5.40. The summed E-state index contributed by atoms with van der Waals surface area (Å²) in [5.74, 6) is 0.677. The van der Waals surface area contributed by atoms with Gasteiger partial charge in [-0.15, -0.1) is 0 Å². The van der Waals surface area contributed by atoms with Gasteiger partial charge >= 0.3 is 12.4 Å². The number of hydrogen-bond donors (Lipinski definition) is 4. The summed E-state index contributed by atoms with van der Waals surface area (Å²) in [6, 6.07) is 42.5. The highest BCUT2D eigenvalue weighted by Gasteiger charge is 2.55. The molecule has 0 bridgehead atoms. The number of nitrogens with one attached hydrogen (secondary N) is 2. The molecule has 3 aromatic heterocycles. The molecule has 1 unspecified atom stereocenters. The van der Waals surface area contributed by atoms with Gasteiger partial charge < -0.3 is 43.3 Å². The second kappa shape index (κ2) is 22.5. The number of rotatable bonds is 19. The summed E-state index contributed by atoms with van der Waals surface area (Å²) >= 11 is 5.92. The Morgan fingerprint density at radius 3 is 1.76 bits per heavy atom. The van der Waals surface area contributed by atoms with Crippen molar-refractivity contribution in [3.63, 3.8) is 0 Å². The molecule has 21 heteroatoms. The van der Waals surface area contributed by atoms with Gasteiger partial charge in [0.2, 0.25) is 5.95 Å². The molecule has 0 amide bonds. The first kappa shape index (κ1) is 55.3. The molecule has 2 aliphatic heterocycles. The minimum absolute atomic E-state index is 0.0210. The van der Waals surface area contributed by atoms with Gasteiger partial charge in [0, 0.05) is 25.6 Å². The number of aromatic nitrogens is 6. The number of anilines is 2. The lowest BCUT2D eigenvalue weighted by Gasteiger charge is -2.45. The number of ether oxygens (including phenoxy) is 2. The molecule has 7 aromatic rings. The number of nitrogens with two attached hydrogens (primary N) is 1. The van der Waals surface area contributed by atoms with Crippen molar-refractivity contribution >= 4 is 78.8 Å². The largest absolute Gasteiger partial charge is 0.405 e. The molecule has 9 rings (SSSR count). The van der Waals surface area contributed by atoms with E-state index in [-0.39, 0.29) is 36.0 Å². The van der Waals surface area contributed by atoms with Gasteiger partial charge in [-0.3, -0.25) is 18.9 Å². The van der Waals surface area contributed by atoms with Crippen molar-refractivity contribution in [1.82, 2.24) is 29.1 Å². The predicted octanol–water partition coefficient (Wildman–Crippen LogP) is 6.74. The van der Waals surface area contributed by atoms with E-state index in [1.165, 1.54) is 16.8 Å². The minimum atomic E-state index is -4.18. The first-order chi connectivity index (χ1) is 36.2. The zero-order valence-corrected chi connectivity index (χ0v) is 47.9. The van der Waals surface area contributed by atoms with Crippen LogP contribution >= 0.6 is 6.72 Å². The molecule has 0 radical (unpaired) electrons. The van der Waals surface area contributed by atoms with Crippen LogP contribution in [0.25, 0.3) is 11.2 Å². The van der Waals surface area contributed by atoms with Crippen LogP contribution in [0.2, 0.25) is 10.1 Å². The third-order valence-electron chi connectivity index (χ3n) is 14.2. The number of H-pyrrole nitrogens is 1. The summed E-state index contributed by atoms with van der Waals surface area (Å²) in [5, 5.41) is 6.71. The van der Waals surface area contributed by atoms with Gasteiger partial charge in [-0.1, -0.05) is 177 Å². The Balaban J connectivity index is 1.05. The molecule has 2 saturated heterocycles. The molecule has 5 N–H and O–H groups in total. The third-order valence-corrected chi connectivity index (χ3v) is 25.9. The molecule has 2 aliphatic rings. The van der Waals surface area contributed by atoms with Crippen LogP contribution in [0.5, 0.6) is 0 Å². The molecule has 0 saturated carbocycles. The smallest absolute Gasteiger partial charge is 0.351 e. The van der Waals surface area contributed by atoms with Gasteiger partial charge in [0.15, 0.2) is 11.2 Å². The Kier molecular flexibility index (Phi) is 16.3. The van der Waals surface area contributed by atoms with Gasteiger partial charge in [-0.2, -0.15) is 9.97 Å². The van der Waals surface area contributed by atoms with E-state index in [2.05, 4.69) is 124 Å². The molecule has 0 spiro atoms. The standard InChI is InChI=1S/C55H69N8O9PSSi2/c1-37(2)33-57-52-60-50-49(51(64)61-52)58-36-63(50)48-32-43(72-76(55(6,7)8,40-25-17-11-18-26-40)41-27-19-12-20-28-41)44(69-48)34-67-73(66,74)71-42-31-47(62-30-29-46(56)59-53(62)65)70-45(42)35-68-75(54(3,4)5,38-21-13-9-14-22-38)39-23-15-10-16-24-39/h9-30,36-37,42-45,47-48H,31-35H2,1-8H3,(H,66,74)(H2,56,59,65)(H2,57,60,61,64)/t42-,43-,44+,45+,47+,48+,73?/m0/s1. The average Bonchev–Trinajstić information content (AvgIpc) is 4.12. The van der Waals surface area contributed by atoms with Gasteiger partial charge in [-0.05, 0) is 54.6 Å². The molecule has 7 atom stereocenters. The molecule has 76 heavy (non-hydrogen) atoms. The molecule has 402 valence electrons. The maximum Gasteiger partial charge on any atom is 0.351 e. The molecule has 17 nitrogen and oxygen atoms in total. The summed E-state index contributed by atoms with van der Waals surface area (Å²) < 4.78 is 44.8. The number of nitrogen functional groups attached to an aromatic ring is 1. The Labute approximate surface area is 450 Å². The second-order valence-corrected chi connectivity index (χ2v) is 33.3. The zero-order valence-electron chi connectivity index (χ0n) is 44.2. The molecule has 0 aliphatic carbocycles. The average molecular weight is 1110 g/mol. The fraction of sp³-hybridized carbons (Fsp3) is 0.400. The van der Waals surface area contributed by atoms with E-state index in [4.69, 9.17) is 49.9 Å². The first-order valence-corrected chi connectivity index (χ1v) is 32.2. The van der Waals surface area contributed by atoms with Gasteiger partial charge in [0.05, 0.1) is 31.7 Å². The van der Waals surface area contributed by atoms with Gasteiger partial charge in [0.25, 0.3) is 22.2 Å². The van der Waals surface area contributed by atoms with E-state index in [9.17, 15) is 14.5 Å². The van der Waals surface area contributed by atoms with E-state index >= 15 is 0 Å². The Bertz CT molecular complexity index is 3170. The van der Waals surface area contributed by atoms with Crippen LogP contribution in [-0.4, -0.2) is 94.8 Å². The zero-order chi connectivity index (χ0) is 54.0. The maximum atomic E-state index is 13.4. The highest BCUT2D eigenvalue weighted by Crippen LogP contribution is 2.50. The van der Waals surface area contributed by atoms with Crippen LogP contribution in [0, 0.1) is 5.92 Å². The van der Waals surface area contributed by atoms with Crippen molar-refractivity contribution in [1.29, 1.82) is 0 Å². The highest BCUT2D eigenvalue weighted by molar-refractivity contribution is 8.07. The lowest BCUT2D eigenvalue weighted by atomic mass is 10.2. The van der Waals surface area contributed by atoms with E-state index in [1.807, 2.05) is 72.8 Å². The van der Waals surface area contributed by atoms with E-state index < -0.39 is 76.5 Å². The van der Waals surface area contributed by atoms with Crippen molar-refractivity contribution in [2.24, 2.45) is 5.92 Å². The lowest BCUT2D eigenvalue weighted by molar-refractivity contribution is -0.0490. The van der Waals surface area contributed by atoms with Crippen molar-refractivity contribution < 1.29 is 32.3 Å². The SMILES string of the molecule is CC(C)CNc1nc2c(ncn2[C@H]2C[C@H](O[Si](c3ccccc3)(c3ccccc3)C(C)(C)C)[C@@H](COP(O)(=S)O[C@H]3C[C@H](n4ccc(N)nc4=O)O[C@@H]3CO[Si](c3ccccc3)(c3ccccc3)C(C)(C)C)O2)c(=O)[nH]1. The summed E-state index contributed by atoms with van der Waals surface area (Å²) in [4.78, 5) is 55.1. The van der Waals surface area contributed by atoms with Crippen molar-refractivity contribution in [2.45, 2.75) is 115 Å². The van der Waals surface area contributed by atoms with Crippen LogP contribution in [-0.2, 0) is 39.2 Å². The third kappa shape index (κ3) is 11.4. The Morgan fingerprint density at radius 1 is 0.750 bits per heavy atom. The molecule has 5 heterocycles. The fourth-order valence-electron chi connectivity index (χ4n) is 10.7. The number of nitrogens with zero attached hydrogens (tertiary/aromatic N) is 5. The minimum Gasteiger partial charge on any atom is -0.405 e. The quantitative estimate of drug-likeness (QED) is 0.0488. The Morgan fingerprint density at radius 2 is 1.25 bits per heavy atom. The number of aromatic amines is 1. The van der Waals surface area contributed by atoms with Crippen LogP contribution in [0.4, 0.5) is 11.8 Å². The summed E-state index contributed by atoms with van der Waals surface area (Å²) in [6.07, 6.45) is -1.35. The molecule has 4 aromatic carbocycles. The van der Waals surface area contributed by atoms with Gasteiger partial charge in [-0.25, -0.2) is 9.78 Å². The molecular weight excluding hydrogens is 1040 g/mol. The van der Waals surface area contributed by atoms with Crippen molar-refractivity contribution in [2.75, 3.05) is 30.8 Å². The van der Waals surface area contributed by atoms with Crippen LogP contribution in [0.15, 0.2) is 150 Å². The Hall–Kier alpha value is -5.49. The van der Waals surface area contributed by atoms with Crippen LogP contribution in [0.3, 0.4) is 0 Å². The first-order valence-electron chi connectivity index (χ1n) is 25.7. The monoisotopic (exact) mass is 1100 g/mol. The lowest BCUT2D eigenvalue weighted by Crippen LogP contribution is -2.68. The van der Waals surface area contributed by atoms with E-state index in [0.717, 1.165) is 20.7 Å². The van der Waals surface area contributed by atoms with Gasteiger partial charge in [0.1, 0.15) is 30.5 Å². The van der Waals surface area contributed by atoms with Crippen molar-refractivity contribution in [3.8, 4) is 0 Å². The van der Waals surface area contributed by atoms with E-state index in [1.54, 1.807) is 10.9 Å². The maximum absolute atomic E-state index is 13.4. The highest BCUT2D eigenvalue weighted by atomic mass is 32.5. The van der Waals surface area contributed by atoms with Crippen LogP contribution < -0.4 is 43.0 Å². The fourth-order valence-corrected chi connectivity index (χ4v) is 21.5. The molecular formula is C55H69N8O9PSSi2.